The third-order valence-corrected chi connectivity index (χ3v) is 4.36. The highest BCUT2D eigenvalue weighted by atomic mass is 127. The summed E-state index contributed by atoms with van der Waals surface area (Å²) in [5.41, 5.74) is 1.02. The van der Waals surface area contributed by atoms with E-state index in [1.807, 2.05) is 52.9 Å². The van der Waals surface area contributed by atoms with Crippen LogP contribution in [0.1, 0.15) is 10.4 Å². The summed E-state index contributed by atoms with van der Waals surface area (Å²) >= 11 is 1.85. The molecule has 2 aromatic carbocycles. The van der Waals surface area contributed by atoms with Gasteiger partial charge >= 0.3 is 0 Å². The summed E-state index contributed by atoms with van der Waals surface area (Å²) in [6.45, 7) is 0.418. The van der Waals surface area contributed by atoms with Crippen LogP contribution in [0.4, 0.5) is 10.1 Å². The molecule has 0 aliphatic carbocycles. The van der Waals surface area contributed by atoms with Crippen LogP contribution in [0.25, 0.3) is 0 Å². The first-order valence-corrected chi connectivity index (χ1v) is 7.76. The molecule has 0 radical (unpaired) electrons. The third-order valence-electron chi connectivity index (χ3n) is 3.48. The van der Waals surface area contributed by atoms with Gasteiger partial charge in [-0.15, -0.1) is 0 Å². The fourth-order valence-electron chi connectivity index (χ4n) is 2.25. The van der Waals surface area contributed by atoms with Gasteiger partial charge in [0, 0.05) is 14.8 Å². The highest BCUT2D eigenvalue weighted by molar-refractivity contribution is 14.1. The monoisotopic (exact) mass is 410 g/mol. The van der Waals surface area contributed by atoms with E-state index in [0.717, 1.165) is 5.69 Å². The van der Waals surface area contributed by atoms with Crippen LogP contribution in [0.15, 0.2) is 48.5 Å². The van der Waals surface area contributed by atoms with Crippen molar-refractivity contribution in [3.8, 4) is 0 Å². The number of benzene rings is 2. The maximum absolute atomic E-state index is 13.5. The van der Waals surface area contributed by atoms with Crippen LogP contribution >= 0.6 is 22.6 Å². The highest BCUT2D eigenvalue weighted by Gasteiger charge is 2.38. The molecule has 2 aromatic rings. The third kappa shape index (κ3) is 2.83. The molecule has 6 heteroatoms. The Labute approximate surface area is 140 Å². The molecular weight excluding hydrogens is 398 g/mol. The molecule has 0 bridgehead atoms. The summed E-state index contributed by atoms with van der Waals surface area (Å²) in [7, 11) is 0. The number of amides is 2. The molecule has 0 aromatic heterocycles. The zero-order chi connectivity index (χ0) is 15.7. The topological polar surface area (TPSA) is 49.4 Å². The summed E-state index contributed by atoms with van der Waals surface area (Å²) in [5, 5.41) is 2.63. The van der Waals surface area contributed by atoms with Crippen molar-refractivity contribution in [2.45, 2.75) is 6.04 Å². The molecule has 4 nitrogen and oxygen atoms in total. The first kappa shape index (κ1) is 15.0. The van der Waals surface area contributed by atoms with Crippen LogP contribution in [0.2, 0.25) is 0 Å². The Morgan fingerprint density at radius 3 is 2.59 bits per heavy atom. The molecule has 1 aliphatic heterocycles. The van der Waals surface area contributed by atoms with E-state index >= 15 is 0 Å². The van der Waals surface area contributed by atoms with Crippen molar-refractivity contribution in [2.24, 2.45) is 0 Å². The predicted octanol–water partition coefficient (Wildman–Crippen LogP) is 2.58. The SMILES string of the molecule is O=C(N[C@@H]1CN(c2ccccc2)C1=O)c1ccc(I)c(F)c1. The number of β-lactam (4-membered cyclic amide) rings is 1. The van der Waals surface area contributed by atoms with Gasteiger partial charge in [-0.05, 0) is 52.9 Å². The van der Waals surface area contributed by atoms with Crippen molar-refractivity contribution in [3.05, 3.63) is 63.5 Å². The summed E-state index contributed by atoms with van der Waals surface area (Å²) in [5.74, 6) is -1.05. The molecule has 1 heterocycles. The van der Waals surface area contributed by atoms with E-state index in [9.17, 15) is 14.0 Å². The van der Waals surface area contributed by atoms with Gasteiger partial charge in [-0.25, -0.2) is 4.39 Å². The van der Waals surface area contributed by atoms with E-state index in [2.05, 4.69) is 5.32 Å². The summed E-state index contributed by atoms with van der Waals surface area (Å²) in [4.78, 5) is 25.7. The van der Waals surface area contributed by atoms with Gasteiger partial charge in [0.15, 0.2) is 0 Å². The molecule has 0 spiro atoms. The minimum absolute atomic E-state index is 0.162. The number of carbonyl (C=O) groups is 2. The van der Waals surface area contributed by atoms with Gasteiger partial charge in [-0.2, -0.15) is 0 Å². The predicted molar refractivity (Wildman–Crippen MR) is 89.2 cm³/mol. The Morgan fingerprint density at radius 2 is 1.95 bits per heavy atom. The van der Waals surface area contributed by atoms with E-state index in [4.69, 9.17) is 0 Å². The summed E-state index contributed by atoms with van der Waals surface area (Å²) < 4.78 is 13.9. The van der Waals surface area contributed by atoms with Gasteiger partial charge in [0.05, 0.1) is 6.54 Å². The van der Waals surface area contributed by atoms with Crippen LogP contribution in [-0.2, 0) is 4.79 Å². The zero-order valence-corrected chi connectivity index (χ0v) is 13.6. The molecule has 22 heavy (non-hydrogen) atoms. The molecule has 0 unspecified atom stereocenters. The van der Waals surface area contributed by atoms with Crippen LogP contribution in [0.3, 0.4) is 0 Å². The van der Waals surface area contributed by atoms with Crippen LogP contribution < -0.4 is 10.2 Å². The number of halogens is 2. The molecule has 1 atom stereocenters. The number of hydrogen-bond donors (Lipinski definition) is 1. The molecule has 1 aliphatic rings. The second-order valence-electron chi connectivity index (χ2n) is 4.94. The lowest BCUT2D eigenvalue weighted by Gasteiger charge is -2.38. The number of rotatable bonds is 3. The Morgan fingerprint density at radius 1 is 1.23 bits per heavy atom. The number of nitrogens with zero attached hydrogens (tertiary/aromatic N) is 1. The Balaban J connectivity index is 1.64. The average molecular weight is 410 g/mol. The Bertz CT molecular complexity index is 736. The van der Waals surface area contributed by atoms with Crippen LogP contribution in [0.5, 0.6) is 0 Å². The molecular formula is C16H12FIN2O2. The minimum Gasteiger partial charge on any atom is -0.339 e. The number of hydrogen-bond acceptors (Lipinski definition) is 2. The zero-order valence-electron chi connectivity index (χ0n) is 11.4. The van der Waals surface area contributed by atoms with Crippen molar-refractivity contribution in [1.82, 2.24) is 5.32 Å². The van der Waals surface area contributed by atoms with Gasteiger partial charge in [0.25, 0.3) is 11.8 Å². The van der Waals surface area contributed by atoms with Crippen LogP contribution in [0, 0.1) is 9.39 Å². The average Bonchev–Trinajstić information content (AvgIpc) is 2.53. The Hall–Kier alpha value is -1.96. The van der Waals surface area contributed by atoms with Crippen LogP contribution in [-0.4, -0.2) is 24.4 Å². The van der Waals surface area contributed by atoms with Crippen molar-refractivity contribution < 1.29 is 14.0 Å². The molecule has 1 N–H and O–H groups in total. The second-order valence-corrected chi connectivity index (χ2v) is 6.10. The van der Waals surface area contributed by atoms with E-state index in [-0.39, 0.29) is 11.5 Å². The van der Waals surface area contributed by atoms with Crippen molar-refractivity contribution >= 4 is 40.1 Å². The summed E-state index contributed by atoms with van der Waals surface area (Å²) in [6, 6.07) is 12.9. The first-order valence-electron chi connectivity index (χ1n) is 6.68. The molecule has 3 rings (SSSR count). The van der Waals surface area contributed by atoms with Gasteiger partial charge in [-0.3, -0.25) is 9.59 Å². The van der Waals surface area contributed by atoms with E-state index in [1.165, 1.54) is 18.2 Å². The molecule has 1 saturated heterocycles. The lowest BCUT2D eigenvalue weighted by atomic mass is 10.1. The lowest BCUT2D eigenvalue weighted by Crippen LogP contribution is -2.64. The molecule has 1 fully saturated rings. The van der Waals surface area contributed by atoms with E-state index in [0.29, 0.717) is 10.1 Å². The molecule has 0 saturated carbocycles. The fourth-order valence-corrected chi connectivity index (χ4v) is 2.59. The standard InChI is InChI=1S/C16H12FIN2O2/c17-12-8-10(6-7-13(12)18)15(21)19-14-9-20(16(14)22)11-4-2-1-3-5-11/h1-8,14H,9H2,(H,19,21)/t14-/m1/s1. The summed E-state index contributed by atoms with van der Waals surface area (Å²) in [6.07, 6.45) is 0. The second kappa shape index (κ2) is 6.04. The van der Waals surface area contributed by atoms with Gasteiger partial charge in [0.2, 0.25) is 0 Å². The smallest absolute Gasteiger partial charge is 0.252 e. The maximum Gasteiger partial charge on any atom is 0.252 e. The van der Waals surface area contributed by atoms with E-state index in [1.54, 1.807) is 4.90 Å². The Kier molecular flexibility index (Phi) is 4.10. The molecule has 2 amide bonds. The normalized spacial score (nSPS) is 17.1. The lowest BCUT2D eigenvalue weighted by molar-refractivity contribution is -0.124. The fraction of sp³-hybridized carbons (Fsp3) is 0.125. The quantitative estimate of drug-likeness (QED) is 0.625. The number of nitrogens with one attached hydrogen (secondary N) is 1. The number of anilines is 1. The molecule has 112 valence electrons. The number of carbonyl (C=O) groups excluding carboxylic acids is 2. The number of para-hydroxylation sites is 1. The van der Waals surface area contributed by atoms with Crippen molar-refractivity contribution in [1.29, 1.82) is 0 Å². The van der Waals surface area contributed by atoms with Crippen molar-refractivity contribution in [2.75, 3.05) is 11.4 Å². The largest absolute Gasteiger partial charge is 0.339 e. The first-order chi connectivity index (χ1) is 10.6. The minimum atomic E-state index is -0.560. The van der Waals surface area contributed by atoms with Crippen molar-refractivity contribution in [3.63, 3.8) is 0 Å². The van der Waals surface area contributed by atoms with Gasteiger partial charge in [-0.1, -0.05) is 18.2 Å². The maximum atomic E-state index is 13.5. The highest BCUT2D eigenvalue weighted by Crippen LogP contribution is 2.22. The van der Waals surface area contributed by atoms with E-state index < -0.39 is 17.8 Å². The van der Waals surface area contributed by atoms with Gasteiger partial charge in [0.1, 0.15) is 11.9 Å². The van der Waals surface area contributed by atoms with Gasteiger partial charge < -0.3 is 10.2 Å².